The molecule has 4 aromatic heterocycles. The second-order valence-electron chi connectivity index (χ2n) is 9.61. The Morgan fingerprint density at radius 1 is 1.16 bits per heavy atom. The van der Waals surface area contributed by atoms with E-state index >= 15 is 4.39 Å². The highest BCUT2D eigenvalue weighted by atomic mass is 19.1. The summed E-state index contributed by atoms with van der Waals surface area (Å²) in [6.07, 6.45) is 6.05. The number of carbonyl (C=O) groups is 1. The molecule has 6 rings (SSSR count). The summed E-state index contributed by atoms with van der Waals surface area (Å²) >= 11 is 0. The van der Waals surface area contributed by atoms with Crippen molar-refractivity contribution in [2.24, 2.45) is 0 Å². The van der Waals surface area contributed by atoms with E-state index in [-0.39, 0.29) is 5.91 Å². The van der Waals surface area contributed by atoms with Crippen molar-refractivity contribution >= 4 is 39.3 Å². The number of halogens is 1. The second kappa shape index (κ2) is 9.82. The van der Waals surface area contributed by atoms with E-state index in [1.807, 2.05) is 13.0 Å². The maximum atomic E-state index is 15.2. The summed E-state index contributed by atoms with van der Waals surface area (Å²) in [5, 5.41) is 10.9. The lowest BCUT2D eigenvalue weighted by atomic mass is 10.0. The number of nitrogens with zero attached hydrogens (tertiary/aromatic N) is 6. The van der Waals surface area contributed by atoms with Gasteiger partial charge in [0.2, 0.25) is 5.91 Å². The third kappa shape index (κ3) is 4.45. The van der Waals surface area contributed by atoms with Crippen molar-refractivity contribution < 1.29 is 9.18 Å². The Labute approximate surface area is 218 Å². The summed E-state index contributed by atoms with van der Waals surface area (Å²) in [5.74, 6) is 0.0284. The van der Waals surface area contributed by atoms with Gasteiger partial charge in [0.05, 0.1) is 23.1 Å². The fourth-order valence-corrected chi connectivity index (χ4v) is 4.87. The maximum absolute atomic E-state index is 15.2. The Bertz CT molecular complexity index is 1630. The quantitative estimate of drug-likeness (QED) is 0.311. The summed E-state index contributed by atoms with van der Waals surface area (Å²) < 4.78 is 15.2. The van der Waals surface area contributed by atoms with Crippen LogP contribution in [-0.4, -0.2) is 74.2 Å². The van der Waals surface area contributed by atoms with Gasteiger partial charge in [0, 0.05) is 67.6 Å². The van der Waals surface area contributed by atoms with Crippen LogP contribution in [0.15, 0.2) is 42.9 Å². The molecule has 5 heterocycles. The molecule has 0 unspecified atom stereocenters. The third-order valence-corrected chi connectivity index (χ3v) is 6.90. The Kier molecular flexibility index (Phi) is 6.20. The molecule has 0 aliphatic carbocycles. The van der Waals surface area contributed by atoms with Gasteiger partial charge in [0.15, 0.2) is 11.5 Å². The molecule has 1 aliphatic heterocycles. The van der Waals surface area contributed by atoms with E-state index in [9.17, 15) is 4.79 Å². The standard InChI is InChI=1S/C27H28FN9O/c1-3-4-23(38)31-17-11-16(14-29-15-17)18-12-19-21(13-20(18)28)34-35-24(19)27-32-25-22(5-6-30-26(25)33-27)37-9-7-36(2)8-10-37/h5-6,11-15H,3-4,7-10H2,1-2H3,(H,31,38)(H,34,35)(H,30,32,33). The van der Waals surface area contributed by atoms with Gasteiger partial charge in [-0.25, -0.2) is 14.4 Å². The fourth-order valence-electron chi connectivity index (χ4n) is 4.87. The van der Waals surface area contributed by atoms with Crippen molar-refractivity contribution in [3.05, 3.63) is 48.7 Å². The van der Waals surface area contributed by atoms with Crippen LogP contribution in [0.25, 0.3) is 44.7 Å². The van der Waals surface area contributed by atoms with Gasteiger partial charge in [-0.3, -0.25) is 14.9 Å². The molecule has 0 atom stereocenters. The zero-order valence-electron chi connectivity index (χ0n) is 21.3. The molecule has 0 spiro atoms. The summed E-state index contributed by atoms with van der Waals surface area (Å²) in [6, 6.07) is 6.88. The van der Waals surface area contributed by atoms with Gasteiger partial charge in [-0.05, 0) is 31.7 Å². The average molecular weight is 514 g/mol. The lowest BCUT2D eigenvalue weighted by molar-refractivity contribution is -0.116. The van der Waals surface area contributed by atoms with E-state index in [1.165, 1.54) is 6.07 Å². The Morgan fingerprint density at radius 3 is 2.82 bits per heavy atom. The van der Waals surface area contributed by atoms with E-state index in [4.69, 9.17) is 4.98 Å². The number of likely N-dealkylation sites (N-methyl/N-ethyl adjacent to an activating group) is 1. The number of carbonyl (C=O) groups excluding carboxylic acids is 1. The Balaban J connectivity index is 1.38. The normalized spacial score (nSPS) is 14.4. The number of H-pyrrole nitrogens is 2. The van der Waals surface area contributed by atoms with Gasteiger partial charge in [-0.15, -0.1) is 0 Å². The zero-order valence-corrected chi connectivity index (χ0v) is 21.3. The molecule has 10 nitrogen and oxygen atoms in total. The van der Waals surface area contributed by atoms with Crippen LogP contribution < -0.4 is 10.2 Å². The number of pyridine rings is 2. The molecule has 1 aromatic carbocycles. The second-order valence-corrected chi connectivity index (χ2v) is 9.61. The van der Waals surface area contributed by atoms with E-state index in [0.29, 0.717) is 51.3 Å². The third-order valence-electron chi connectivity index (χ3n) is 6.90. The van der Waals surface area contributed by atoms with Crippen LogP contribution in [0, 0.1) is 5.82 Å². The van der Waals surface area contributed by atoms with Gasteiger partial charge >= 0.3 is 0 Å². The summed E-state index contributed by atoms with van der Waals surface area (Å²) in [5.41, 5.74) is 5.06. The number of hydrogen-bond acceptors (Lipinski definition) is 7. The number of aromatic amines is 2. The molecule has 194 valence electrons. The number of imidazole rings is 1. The maximum Gasteiger partial charge on any atom is 0.224 e. The van der Waals surface area contributed by atoms with Crippen LogP contribution in [0.1, 0.15) is 19.8 Å². The van der Waals surface area contributed by atoms with Crippen LogP contribution in [-0.2, 0) is 4.79 Å². The lowest BCUT2D eigenvalue weighted by Gasteiger charge is -2.34. The van der Waals surface area contributed by atoms with Crippen LogP contribution in [0.3, 0.4) is 0 Å². The number of hydrogen-bond donors (Lipinski definition) is 3. The molecular weight excluding hydrogens is 485 g/mol. The van der Waals surface area contributed by atoms with Crippen LogP contribution >= 0.6 is 0 Å². The largest absolute Gasteiger partial charge is 0.367 e. The number of anilines is 2. The fraction of sp³-hybridized carbons (Fsp3) is 0.296. The SMILES string of the molecule is CCCC(=O)Nc1cncc(-c2cc3c(-c4nc5nccc(N6CCN(C)CC6)c5[nH]4)n[nH]c3cc2F)c1. The molecular formula is C27H28FN9O. The summed E-state index contributed by atoms with van der Waals surface area (Å²) in [7, 11) is 2.13. The van der Waals surface area contributed by atoms with Gasteiger partial charge in [-0.2, -0.15) is 5.10 Å². The minimum Gasteiger partial charge on any atom is -0.367 e. The van der Waals surface area contributed by atoms with Crippen molar-refractivity contribution in [1.29, 1.82) is 0 Å². The minimum absolute atomic E-state index is 0.103. The first kappa shape index (κ1) is 24.0. The van der Waals surface area contributed by atoms with Gasteiger partial charge < -0.3 is 20.1 Å². The number of rotatable bonds is 6. The number of piperazine rings is 1. The van der Waals surface area contributed by atoms with Crippen molar-refractivity contribution in [1.82, 2.24) is 35.0 Å². The number of aromatic nitrogens is 6. The van der Waals surface area contributed by atoms with Crippen molar-refractivity contribution in [3.8, 4) is 22.6 Å². The van der Waals surface area contributed by atoms with E-state index < -0.39 is 5.82 Å². The highest BCUT2D eigenvalue weighted by Gasteiger charge is 2.21. The van der Waals surface area contributed by atoms with Crippen LogP contribution in [0.4, 0.5) is 15.8 Å². The van der Waals surface area contributed by atoms with Crippen molar-refractivity contribution in [2.45, 2.75) is 19.8 Å². The van der Waals surface area contributed by atoms with Gasteiger partial charge in [-0.1, -0.05) is 6.92 Å². The monoisotopic (exact) mass is 513 g/mol. The molecule has 0 saturated carbocycles. The van der Waals surface area contributed by atoms with Gasteiger partial charge in [0.1, 0.15) is 17.0 Å². The lowest BCUT2D eigenvalue weighted by Crippen LogP contribution is -2.44. The number of amides is 1. The molecule has 1 fully saturated rings. The highest BCUT2D eigenvalue weighted by Crippen LogP contribution is 2.34. The number of nitrogens with one attached hydrogen (secondary N) is 3. The molecule has 0 radical (unpaired) electrons. The van der Waals surface area contributed by atoms with Crippen LogP contribution in [0.2, 0.25) is 0 Å². The highest BCUT2D eigenvalue weighted by molar-refractivity contribution is 5.97. The van der Waals surface area contributed by atoms with E-state index in [0.717, 1.165) is 43.8 Å². The predicted octanol–water partition coefficient (Wildman–Crippen LogP) is 4.19. The molecule has 1 aliphatic rings. The first-order chi connectivity index (χ1) is 18.5. The topological polar surface area (TPSA) is 119 Å². The molecule has 11 heteroatoms. The average Bonchev–Trinajstić information content (AvgIpc) is 3.52. The summed E-state index contributed by atoms with van der Waals surface area (Å²) in [6.45, 7) is 5.75. The predicted molar refractivity (Wildman–Crippen MR) is 145 cm³/mol. The molecule has 0 bridgehead atoms. The number of benzene rings is 1. The van der Waals surface area contributed by atoms with Crippen LogP contribution in [0.5, 0.6) is 0 Å². The molecule has 38 heavy (non-hydrogen) atoms. The van der Waals surface area contributed by atoms with E-state index in [1.54, 1.807) is 30.7 Å². The Hall–Kier alpha value is -4.38. The zero-order chi connectivity index (χ0) is 26.2. The molecule has 1 saturated heterocycles. The van der Waals surface area contributed by atoms with Crippen molar-refractivity contribution in [2.75, 3.05) is 43.4 Å². The first-order valence-electron chi connectivity index (χ1n) is 12.7. The van der Waals surface area contributed by atoms with Crippen molar-refractivity contribution in [3.63, 3.8) is 0 Å². The Morgan fingerprint density at radius 2 is 2.00 bits per heavy atom. The minimum atomic E-state index is -0.421. The first-order valence-corrected chi connectivity index (χ1v) is 12.7. The van der Waals surface area contributed by atoms with E-state index in [2.05, 4.69) is 47.3 Å². The number of fused-ring (bicyclic) bond motifs is 2. The molecule has 5 aromatic rings. The molecule has 1 amide bonds. The smallest absolute Gasteiger partial charge is 0.224 e. The summed E-state index contributed by atoms with van der Waals surface area (Å²) in [4.78, 5) is 33.5. The molecule has 3 N–H and O–H groups in total. The van der Waals surface area contributed by atoms with Gasteiger partial charge in [0.25, 0.3) is 0 Å².